The lowest BCUT2D eigenvalue weighted by molar-refractivity contribution is 0.150. The Morgan fingerprint density at radius 1 is 1.33 bits per heavy atom. The number of hydrogen-bond donors (Lipinski definition) is 0. The van der Waals surface area contributed by atoms with Crippen molar-refractivity contribution < 1.29 is 13.2 Å². The molecule has 0 atom stereocenters. The Morgan fingerprint density at radius 2 is 1.92 bits per heavy atom. The average Bonchev–Trinajstić information content (AvgIpc) is 1.96. The molecule has 1 aromatic carbocycles. The molecule has 0 N–H and O–H groups in total. The van der Waals surface area contributed by atoms with E-state index in [2.05, 4.69) is 15.9 Å². The normalized spacial score (nSPS) is 10.8. The number of rotatable bonds is 1. The largest absolute Gasteiger partial charge is 0.265 e. The second-order valence-electron chi connectivity index (χ2n) is 2.09. The first-order valence-corrected chi connectivity index (χ1v) is 4.82. The van der Waals surface area contributed by atoms with Crippen LogP contribution in [0.4, 0.5) is 13.2 Å². The summed E-state index contributed by atoms with van der Waals surface area (Å²) in [7, 11) is 0. The SMILES string of the molecule is Fc1cc(I)cc(C(F)F)c1Br. The van der Waals surface area contributed by atoms with E-state index in [0.717, 1.165) is 0 Å². The maximum absolute atomic E-state index is 12.8. The zero-order valence-corrected chi connectivity index (χ0v) is 9.37. The van der Waals surface area contributed by atoms with Gasteiger partial charge >= 0.3 is 0 Å². The maximum atomic E-state index is 12.8. The van der Waals surface area contributed by atoms with Crippen molar-refractivity contribution in [3.63, 3.8) is 0 Å². The molecule has 5 heteroatoms. The topological polar surface area (TPSA) is 0 Å². The quantitative estimate of drug-likeness (QED) is 0.527. The van der Waals surface area contributed by atoms with Crippen molar-refractivity contribution >= 4 is 38.5 Å². The van der Waals surface area contributed by atoms with Gasteiger partial charge in [0.2, 0.25) is 0 Å². The van der Waals surface area contributed by atoms with Gasteiger partial charge < -0.3 is 0 Å². The molecular weight excluding hydrogens is 348 g/mol. The maximum Gasteiger partial charge on any atom is 0.265 e. The monoisotopic (exact) mass is 350 g/mol. The Hall–Kier alpha value is 0.220. The van der Waals surface area contributed by atoms with E-state index in [0.29, 0.717) is 3.57 Å². The Kier molecular flexibility index (Phi) is 3.39. The highest BCUT2D eigenvalue weighted by Gasteiger charge is 2.15. The van der Waals surface area contributed by atoms with E-state index in [9.17, 15) is 13.2 Å². The van der Waals surface area contributed by atoms with E-state index >= 15 is 0 Å². The van der Waals surface area contributed by atoms with Gasteiger partial charge in [0.1, 0.15) is 5.82 Å². The summed E-state index contributed by atoms with van der Waals surface area (Å²) in [4.78, 5) is 0. The van der Waals surface area contributed by atoms with Gasteiger partial charge in [-0.15, -0.1) is 0 Å². The van der Waals surface area contributed by atoms with Gasteiger partial charge in [-0.1, -0.05) is 0 Å². The molecule has 0 aromatic heterocycles. The summed E-state index contributed by atoms with van der Waals surface area (Å²) in [5.74, 6) is -0.655. The minimum absolute atomic E-state index is 0.155. The van der Waals surface area contributed by atoms with Crippen LogP contribution in [0.1, 0.15) is 12.0 Å². The molecule has 0 spiro atoms. The standard InChI is InChI=1S/C7H3BrF3I/c8-6-4(7(10)11)1-3(12)2-5(6)9/h1-2,7H. The first kappa shape index (κ1) is 10.3. The first-order chi connectivity index (χ1) is 5.52. The molecule has 0 heterocycles. The smallest absolute Gasteiger partial charge is 0.206 e. The highest BCUT2D eigenvalue weighted by Crippen LogP contribution is 2.30. The fraction of sp³-hybridized carbons (Fsp3) is 0.143. The van der Waals surface area contributed by atoms with Crippen molar-refractivity contribution in [1.82, 2.24) is 0 Å². The van der Waals surface area contributed by atoms with Crippen LogP contribution in [0.25, 0.3) is 0 Å². The van der Waals surface area contributed by atoms with Gasteiger partial charge in [0.15, 0.2) is 0 Å². The highest BCUT2D eigenvalue weighted by atomic mass is 127. The van der Waals surface area contributed by atoms with E-state index in [1.807, 2.05) is 0 Å². The average molecular weight is 351 g/mol. The summed E-state index contributed by atoms with van der Waals surface area (Å²) < 4.78 is 37.5. The summed E-state index contributed by atoms with van der Waals surface area (Å²) in [6.45, 7) is 0. The van der Waals surface area contributed by atoms with Crippen LogP contribution in [-0.4, -0.2) is 0 Å². The van der Waals surface area contributed by atoms with Crippen LogP contribution in [0, 0.1) is 9.39 Å². The van der Waals surface area contributed by atoms with E-state index in [-0.39, 0.29) is 10.0 Å². The zero-order valence-electron chi connectivity index (χ0n) is 5.62. The molecular formula is C7H3BrF3I. The molecule has 0 aliphatic heterocycles. The zero-order chi connectivity index (χ0) is 9.30. The highest BCUT2D eigenvalue weighted by molar-refractivity contribution is 14.1. The summed E-state index contributed by atoms with van der Waals surface area (Å²) in [6.07, 6.45) is -2.65. The lowest BCUT2D eigenvalue weighted by atomic mass is 10.2. The van der Waals surface area contributed by atoms with Gasteiger partial charge in [-0.25, -0.2) is 13.2 Å². The Morgan fingerprint density at radius 3 is 2.42 bits per heavy atom. The summed E-state index contributed by atoms with van der Waals surface area (Å²) >= 11 is 4.54. The van der Waals surface area contributed by atoms with Crippen molar-refractivity contribution in [2.75, 3.05) is 0 Å². The molecule has 66 valence electrons. The summed E-state index contributed by atoms with van der Waals surface area (Å²) in [6, 6.07) is 2.44. The predicted octanol–water partition coefficient (Wildman–Crippen LogP) is 4.13. The van der Waals surface area contributed by atoms with Crippen molar-refractivity contribution in [3.05, 3.63) is 31.6 Å². The van der Waals surface area contributed by atoms with Crippen LogP contribution < -0.4 is 0 Å². The van der Waals surface area contributed by atoms with E-state index in [1.165, 1.54) is 12.1 Å². The van der Waals surface area contributed by atoms with E-state index in [1.54, 1.807) is 22.6 Å². The third-order valence-corrected chi connectivity index (χ3v) is 2.72. The summed E-state index contributed by atoms with van der Waals surface area (Å²) in [5.41, 5.74) is -0.306. The van der Waals surface area contributed by atoms with Crippen LogP contribution >= 0.6 is 38.5 Å². The molecule has 0 bridgehead atoms. The van der Waals surface area contributed by atoms with E-state index < -0.39 is 12.2 Å². The molecule has 0 fully saturated rings. The molecule has 0 aliphatic carbocycles. The molecule has 1 rings (SSSR count). The minimum atomic E-state index is -2.65. The number of hydrogen-bond acceptors (Lipinski definition) is 0. The second-order valence-corrected chi connectivity index (χ2v) is 4.13. The van der Waals surface area contributed by atoms with Gasteiger partial charge in [-0.2, -0.15) is 0 Å². The molecule has 0 unspecified atom stereocenters. The molecule has 12 heavy (non-hydrogen) atoms. The van der Waals surface area contributed by atoms with Gasteiger partial charge in [-0.05, 0) is 50.7 Å². The van der Waals surface area contributed by atoms with Gasteiger partial charge in [-0.3, -0.25) is 0 Å². The number of benzene rings is 1. The summed E-state index contributed by atoms with van der Waals surface area (Å²) in [5, 5.41) is 0. The fourth-order valence-electron chi connectivity index (χ4n) is 0.735. The molecule has 0 amide bonds. The van der Waals surface area contributed by atoms with Gasteiger partial charge in [0.05, 0.1) is 4.47 Å². The van der Waals surface area contributed by atoms with Gasteiger partial charge in [0, 0.05) is 9.13 Å². The lowest BCUT2D eigenvalue weighted by Gasteiger charge is -2.04. The lowest BCUT2D eigenvalue weighted by Crippen LogP contribution is -1.91. The molecule has 0 saturated carbocycles. The Bertz CT molecular complexity index is 301. The molecule has 0 radical (unpaired) electrons. The third-order valence-electron chi connectivity index (χ3n) is 1.26. The fourth-order valence-corrected chi connectivity index (χ4v) is 1.75. The number of halogens is 5. The van der Waals surface area contributed by atoms with Crippen molar-refractivity contribution in [2.24, 2.45) is 0 Å². The second kappa shape index (κ2) is 3.95. The molecule has 0 nitrogen and oxygen atoms in total. The van der Waals surface area contributed by atoms with Crippen LogP contribution in [0.5, 0.6) is 0 Å². The first-order valence-electron chi connectivity index (χ1n) is 2.95. The Labute approximate surface area is 89.4 Å². The van der Waals surface area contributed by atoms with E-state index in [4.69, 9.17) is 0 Å². The van der Waals surface area contributed by atoms with Crippen molar-refractivity contribution in [1.29, 1.82) is 0 Å². The third kappa shape index (κ3) is 2.12. The Balaban J connectivity index is 3.28. The predicted molar refractivity (Wildman–Crippen MR) is 51.8 cm³/mol. The van der Waals surface area contributed by atoms with Gasteiger partial charge in [0.25, 0.3) is 6.43 Å². The van der Waals surface area contributed by atoms with Crippen LogP contribution in [0.2, 0.25) is 0 Å². The van der Waals surface area contributed by atoms with Crippen LogP contribution in [-0.2, 0) is 0 Å². The molecule has 0 saturated heterocycles. The van der Waals surface area contributed by atoms with Crippen LogP contribution in [0.15, 0.2) is 16.6 Å². The molecule has 0 aliphatic rings. The van der Waals surface area contributed by atoms with Crippen molar-refractivity contribution in [2.45, 2.75) is 6.43 Å². The minimum Gasteiger partial charge on any atom is -0.206 e. The number of alkyl halides is 2. The van der Waals surface area contributed by atoms with Crippen LogP contribution in [0.3, 0.4) is 0 Å². The molecule has 1 aromatic rings. The van der Waals surface area contributed by atoms with Crippen molar-refractivity contribution in [3.8, 4) is 0 Å².